The van der Waals surface area contributed by atoms with Gasteiger partial charge in [0.1, 0.15) is 17.8 Å². The van der Waals surface area contributed by atoms with E-state index in [9.17, 15) is 10.1 Å². The van der Waals surface area contributed by atoms with Crippen molar-refractivity contribution in [1.82, 2.24) is 9.97 Å². The fraction of sp³-hybridized carbons (Fsp3) is 0.111. The number of rotatable bonds is 7. The fourth-order valence-corrected chi connectivity index (χ4v) is 2.43. The van der Waals surface area contributed by atoms with E-state index in [2.05, 4.69) is 20.6 Å². The van der Waals surface area contributed by atoms with Crippen LogP contribution in [0.25, 0.3) is 0 Å². The molecule has 0 bridgehead atoms. The molecule has 0 amide bonds. The molecule has 2 N–H and O–H groups in total. The molecule has 0 saturated carbocycles. The molecule has 0 aliphatic heterocycles. The molecule has 0 fully saturated rings. The molecule has 0 unspecified atom stereocenters. The monoisotopic (exact) mass is 367 g/mol. The van der Waals surface area contributed by atoms with Gasteiger partial charge in [-0.3, -0.25) is 10.1 Å². The minimum Gasteiger partial charge on any atom is -0.497 e. The first-order chi connectivity index (χ1) is 13.1. The van der Waals surface area contributed by atoms with Crippen molar-refractivity contribution < 1.29 is 14.4 Å². The van der Waals surface area contributed by atoms with Gasteiger partial charge >= 0.3 is 5.69 Å². The summed E-state index contributed by atoms with van der Waals surface area (Å²) >= 11 is 0. The highest BCUT2D eigenvalue weighted by atomic mass is 16.6. The number of nitrogens with one attached hydrogen (secondary N) is 2. The lowest BCUT2D eigenvalue weighted by Crippen LogP contribution is -2.06. The van der Waals surface area contributed by atoms with E-state index in [-0.39, 0.29) is 17.3 Å². The summed E-state index contributed by atoms with van der Waals surface area (Å²) in [6, 6.07) is 14.1. The summed E-state index contributed by atoms with van der Waals surface area (Å²) in [6.07, 6.45) is 1.24. The number of para-hydroxylation sites is 1. The molecular formula is C18H17N5O4. The van der Waals surface area contributed by atoms with Gasteiger partial charge in [-0.15, -0.1) is 0 Å². The van der Waals surface area contributed by atoms with E-state index in [0.717, 1.165) is 0 Å². The van der Waals surface area contributed by atoms with Crippen molar-refractivity contribution in [2.45, 2.75) is 0 Å². The Morgan fingerprint density at radius 3 is 2.30 bits per heavy atom. The molecule has 9 heteroatoms. The zero-order valence-electron chi connectivity index (χ0n) is 14.7. The van der Waals surface area contributed by atoms with Gasteiger partial charge in [0.25, 0.3) is 0 Å². The van der Waals surface area contributed by atoms with Crippen LogP contribution in [0.4, 0.5) is 28.7 Å². The van der Waals surface area contributed by atoms with E-state index in [4.69, 9.17) is 9.47 Å². The zero-order chi connectivity index (χ0) is 19.2. The van der Waals surface area contributed by atoms with Gasteiger partial charge in [-0.1, -0.05) is 18.2 Å². The van der Waals surface area contributed by atoms with Gasteiger partial charge in [0.2, 0.25) is 11.6 Å². The average Bonchev–Trinajstić information content (AvgIpc) is 2.68. The summed E-state index contributed by atoms with van der Waals surface area (Å²) in [5, 5.41) is 17.6. The highest BCUT2D eigenvalue weighted by molar-refractivity contribution is 5.78. The Morgan fingerprint density at radius 1 is 0.963 bits per heavy atom. The number of hydrogen-bond acceptors (Lipinski definition) is 8. The molecule has 3 aromatic rings. The summed E-state index contributed by atoms with van der Waals surface area (Å²) in [6.45, 7) is 0. The van der Waals surface area contributed by atoms with Gasteiger partial charge in [0.05, 0.1) is 24.8 Å². The van der Waals surface area contributed by atoms with Crippen molar-refractivity contribution in [2.24, 2.45) is 0 Å². The van der Waals surface area contributed by atoms with Crippen molar-refractivity contribution in [3.05, 3.63) is 65.0 Å². The molecule has 0 saturated heterocycles. The first-order valence-corrected chi connectivity index (χ1v) is 7.93. The largest absolute Gasteiger partial charge is 0.497 e. The number of ether oxygens (including phenoxy) is 2. The van der Waals surface area contributed by atoms with Gasteiger partial charge in [0, 0.05) is 11.8 Å². The smallest absolute Gasteiger partial charge is 0.353 e. The Hall–Kier alpha value is -3.88. The number of aromatic nitrogens is 2. The lowest BCUT2D eigenvalue weighted by Gasteiger charge is -2.13. The maximum Gasteiger partial charge on any atom is 0.353 e. The van der Waals surface area contributed by atoms with Gasteiger partial charge in [-0.05, 0) is 24.3 Å². The Balaban J connectivity index is 2.01. The quantitative estimate of drug-likeness (QED) is 0.478. The average molecular weight is 367 g/mol. The van der Waals surface area contributed by atoms with Crippen molar-refractivity contribution in [3.8, 4) is 11.5 Å². The van der Waals surface area contributed by atoms with Crippen LogP contribution in [0.1, 0.15) is 0 Å². The zero-order valence-corrected chi connectivity index (χ0v) is 14.7. The molecule has 27 heavy (non-hydrogen) atoms. The third kappa shape index (κ3) is 4.03. The van der Waals surface area contributed by atoms with Crippen LogP contribution in [-0.4, -0.2) is 29.1 Å². The second kappa shape index (κ2) is 8.00. The fourth-order valence-electron chi connectivity index (χ4n) is 2.43. The topological polar surface area (TPSA) is 111 Å². The van der Waals surface area contributed by atoms with E-state index in [1.54, 1.807) is 30.3 Å². The maximum atomic E-state index is 11.7. The van der Waals surface area contributed by atoms with Crippen LogP contribution in [-0.2, 0) is 0 Å². The Kier molecular flexibility index (Phi) is 5.31. The van der Waals surface area contributed by atoms with Crippen LogP contribution in [0, 0.1) is 10.1 Å². The summed E-state index contributed by atoms with van der Waals surface area (Å²) in [5.74, 6) is 1.16. The number of nitro groups is 1. The molecule has 3 rings (SSSR count). The van der Waals surface area contributed by atoms with Crippen molar-refractivity contribution >= 4 is 28.7 Å². The predicted octanol–water partition coefficient (Wildman–Crippen LogP) is 3.89. The van der Waals surface area contributed by atoms with E-state index in [1.165, 1.54) is 20.5 Å². The van der Waals surface area contributed by atoms with E-state index in [0.29, 0.717) is 22.9 Å². The van der Waals surface area contributed by atoms with Gasteiger partial charge < -0.3 is 20.1 Å². The van der Waals surface area contributed by atoms with E-state index >= 15 is 0 Å². The first-order valence-electron chi connectivity index (χ1n) is 7.93. The molecule has 138 valence electrons. The molecule has 0 radical (unpaired) electrons. The number of hydrogen-bond donors (Lipinski definition) is 2. The molecule has 2 aromatic carbocycles. The molecule has 0 spiro atoms. The number of benzene rings is 2. The molecule has 0 aliphatic carbocycles. The standard InChI is InChI=1S/C18H17N5O4/c1-26-13-8-9-15(27-2)14(10-13)22-18-16(23(24)25)17(19-11-20-18)21-12-6-4-3-5-7-12/h3-11H,1-2H3,(H2,19,20,21,22). The third-order valence-electron chi connectivity index (χ3n) is 3.70. The van der Waals surface area contributed by atoms with Crippen LogP contribution in [0.3, 0.4) is 0 Å². The Bertz CT molecular complexity index is 950. The normalized spacial score (nSPS) is 10.1. The molecule has 1 heterocycles. The minimum absolute atomic E-state index is 0.0278. The van der Waals surface area contributed by atoms with Crippen molar-refractivity contribution in [2.75, 3.05) is 24.9 Å². The molecular weight excluding hydrogens is 350 g/mol. The minimum atomic E-state index is -0.541. The van der Waals surface area contributed by atoms with Crippen molar-refractivity contribution in [1.29, 1.82) is 0 Å². The number of methoxy groups -OCH3 is 2. The maximum absolute atomic E-state index is 11.7. The molecule has 9 nitrogen and oxygen atoms in total. The highest BCUT2D eigenvalue weighted by Gasteiger charge is 2.24. The lowest BCUT2D eigenvalue weighted by atomic mass is 10.2. The van der Waals surface area contributed by atoms with Gasteiger partial charge in [-0.2, -0.15) is 0 Å². The van der Waals surface area contributed by atoms with E-state index in [1.807, 2.05) is 18.2 Å². The van der Waals surface area contributed by atoms with Crippen LogP contribution >= 0.6 is 0 Å². The van der Waals surface area contributed by atoms with Gasteiger partial charge in [-0.25, -0.2) is 9.97 Å². The summed E-state index contributed by atoms with van der Waals surface area (Å²) < 4.78 is 10.5. The molecule has 0 aliphatic rings. The van der Waals surface area contributed by atoms with Crippen LogP contribution in [0.2, 0.25) is 0 Å². The number of anilines is 4. The second-order valence-electron chi connectivity index (χ2n) is 5.36. The summed E-state index contributed by atoms with van der Waals surface area (Å²) in [4.78, 5) is 19.2. The van der Waals surface area contributed by atoms with E-state index < -0.39 is 4.92 Å². The predicted molar refractivity (Wildman–Crippen MR) is 101 cm³/mol. The highest BCUT2D eigenvalue weighted by Crippen LogP contribution is 2.36. The second-order valence-corrected chi connectivity index (χ2v) is 5.36. The first kappa shape index (κ1) is 17.9. The van der Waals surface area contributed by atoms with Gasteiger partial charge in [0.15, 0.2) is 0 Å². The lowest BCUT2D eigenvalue weighted by molar-refractivity contribution is -0.383. The number of nitrogens with zero attached hydrogens (tertiary/aromatic N) is 3. The molecule has 0 atom stereocenters. The summed E-state index contributed by atoms with van der Waals surface area (Å²) in [5.41, 5.74) is 0.861. The summed E-state index contributed by atoms with van der Waals surface area (Å²) in [7, 11) is 3.03. The van der Waals surface area contributed by atoms with Crippen LogP contribution < -0.4 is 20.1 Å². The van der Waals surface area contributed by atoms with Crippen molar-refractivity contribution in [3.63, 3.8) is 0 Å². The van der Waals surface area contributed by atoms with Crippen LogP contribution in [0.5, 0.6) is 11.5 Å². The third-order valence-corrected chi connectivity index (χ3v) is 3.70. The molecule has 1 aromatic heterocycles. The SMILES string of the molecule is COc1ccc(OC)c(Nc2ncnc(Nc3ccccc3)c2[N+](=O)[O-])c1. The van der Waals surface area contributed by atoms with Crippen LogP contribution in [0.15, 0.2) is 54.9 Å². The Labute approximate surface area is 155 Å². The Morgan fingerprint density at radius 2 is 1.67 bits per heavy atom.